The SMILES string of the molecule is NC(=O)COc1ccc2c(c1)c1ccnc3c4ccccc4c(=O)n2c13. The van der Waals surface area contributed by atoms with E-state index in [9.17, 15) is 9.59 Å². The van der Waals surface area contributed by atoms with Crippen molar-refractivity contribution in [2.24, 2.45) is 5.73 Å². The van der Waals surface area contributed by atoms with Crippen LogP contribution in [0, 0.1) is 0 Å². The fraction of sp³-hybridized carbons (Fsp3) is 0.0500. The van der Waals surface area contributed by atoms with E-state index in [2.05, 4.69) is 4.98 Å². The molecular formula is C20H13N3O3. The number of benzene rings is 2. The monoisotopic (exact) mass is 343 g/mol. The zero-order chi connectivity index (χ0) is 17.8. The van der Waals surface area contributed by atoms with Gasteiger partial charge in [-0.25, -0.2) is 0 Å². The number of fused-ring (bicyclic) bond motifs is 5. The molecule has 0 spiro atoms. The van der Waals surface area contributed by atoms with Gasteiger partial charge < -0.3 is 10.5 Å². The van der Waals surface area contributed by atoms with Gasteiger partial charge in [0.15, 0.2) is 6.61 Å². The third-order valence-corrected chi connectivity index (χ3v) is 4.64. The number of pyridine rings is 2. The molecule has 0 saturated heterocycles. The molecule has 5 aromatic rings. The van der Waals surface area contributed by atoms with E-state index >= 15 is 0 Å². The number of primary amides is 1. The molecule has 0 aliphatic carbocycles. The summed E-state index contributed by atoms with van der Waals surface area (Å²) >= 11 is 0. The lowest BCUT2D eigenvalue weighted by Gasteiger charge is -2.05. The summed E-state index contributed by atoms with van der Waals surface area (Å²) in [5.74, 6) is -0.0134. The molecule has 0 atom stereocenters. The smallest absolute Gasteiger partial charge is 0.263 e. The maximum atomic E-state index is 13.1. The first-order valence-corrected chi connectivity index (χ1v) is 8.13. The molecule has 0 fully saturated rings. The van der Waals surface area contributed by atoms with E-state index in [1.165, 1.54) is 0 Å². The van der Waals surface area contributed by atoms with Crippen LogP contribution in [0.2, 0.25) is 0 Å². The first-order valence-electron chi connectivity index (χ1n) is 8.13. The second-order valence-corrected chi connectivity index (χ2v) is 6.18. The molecule has 6 nitrogen and oxygen atoms in total. The molecule has 2 N–H and O–H groups in total. The normalized spacial score (nSPS) is 11.7. The lowest BCUT2D eigenvalue weighted by molar-refractivity contribution is -0.119. The Hall–Kier alpha value is -3.67. The quantitative estimate of drug-likeness (QED) is 0.510. The lowest BCUT2D eigenvalue weighted by Crippen LogP contribution is -2.19. The second kappa shape index (κ2) is 5.16. The molecule has 5 rings (SSSR count). The number of amides is 1. The number of rotatable bonds is 3. The molecule has 3 aromatic heterocycles. The zero-order valence-corrected chi connectivity index (χ0v) is 13.6. The molecule has 0 saturated carbocycles. The van der Waals surface area contributed by atoms with Crippen LogP contribution in [-0.2, 0) is 4.79 Å². The van der Waals surface area contributed by atoms with Crippen molar-refractivity contribution in [3.05, 3.63) is 65.1 Å². The summed E-state index contributed by atoms with van der Waals surface area (Å²) in [6, 6.07) is 14.7. The van der Waals surface area contributed by atoms with E-state index in [1.54, 1.807) is 16.7 Å². The molecule has 2 aromatic carbocycles. The van der Waals surface area contributed by atoms with E-state index < -0.39 is 5.91 Å². The van der Waals surface area contributed by atoms with Gasteiger partial charge in [-0.05, 0) is 30.3 Å². The van der Waals surface area contributed by atoms with Gasteiger partial charge in [-0.15, -0.1) is 0 Å². The lowest BCUT2D eigenvalue weighted by atomic mass is 10.1. The Morgan fingerprint density at radius 3 is 2.65 bits per heavy atom. The minimum Gasteiger partial charge on any atom is -0.484 e. The van der Waals surface area contributed by atoms with Crippen molar-refractivity contribution >= 4 is 44.0 Å². The largest absolute Gasteiger partial charge is 0.484 e. The van der Waals surface area contributed by atoms with Gasteiger partial charge in [0.05, 0.1) is 16.6 Å². The third-order valence-electron chi connectivity index (χ3n) is 4.64. The average Bonchev–Trinajstić information content (AvgIpc) is 2.99. The van der Waals surface area contributed by atoms with Crippen LogP contribution in [0.25, 0.3) is 38.1 Å². The Morgan fingerprint density at radius 1 is 1.04 bits per heavy atom. The molecular weight excluding hydrogens is 330 g/mol. The van der Waals surface area contributed by atoms with Gasteiger partial charge >= 0.3 is 0 Å². The van der Waals surface area contributed by atoms with Crippen molar-refractivity contribution in [1.29, 1.82) is 0 Å². The summed E-state index contributed by atoms with van der Waals surface area (Å²) in [7, 11) is 0. The first kappa shape index (κ1) is 14.7. The average molecular weight is 343 g/mol. The maximum Gasteiger partial charge on any atom is 0.263 e. The summed E-state index contributed by atoms with van der Waals surface area (Å²) in [6.07, 6.45) is 1.74. The topological polar surface area (TPSA) is 86.7 Å². The highest BCUT2D eigenvalue weighted by molar-refractivity contribution is 6.18. The Balaban J connectivity index is 1.95. The van der Waals surface area contributed by atoms with Crippen LogP contribution in [0.3, 0.4) is 0 Å². The fourth-order valence-electron chi connectivity index (χ4n) is 3.59. The second-order valence-electron chi connectivity index (χ2n) is 6.18. The van der Waals surface area contributed by atoms with Crippen molar-refractivity contribution in [3.63, 3.8) is 0 Å². The number of ether oxygens (including phenoxy) is 1. The van der Waals surface area contributed by atoms with E-state index in [1.807, 2.05) is 42.5 Å². The number of nitrogens with zero attached hydrogens (tertiary/aromatic N) is 2. The van der Waals surface area contributed by atoms with Crippen LogP contribution in [0.4, 0.5) is 0 Å². The Kier molecular flexibility index (Phi) is 2.91. The van der Waals surface area contributed by atoms with E-state index in [0.717, 1.165) is 32.7 Å². The van der Waals surface area contributed by atoms with E-state index in [-0.39, 0.29) is 12.2 Å². The number of carbonyl (C=O) groups excluding carboxylic acids is 1. The summed E-state index contributed by atoms with van der Waals surface area (Å²) in [5, 5.41) is 3.25. The predicted molar refractivity (Wildman–Crippen MR) is 99.9 cm³/mol. The van der Waals surface area contributed by atoms with Crippen LogP contribution in [0.5, 0.6) is 5.75 Å². The van der Waals surface area contributed by atoms with Crippen molar-refractivity contribution < 1.29 is 9.53 Å². The fourth-order valence-corrected chi connectivity index (χ4v) is 3.59. The van der Waals surface area contributed by atoms with Gasteiger partial charge in [-0.3, -0.25) is 19.0 Å². The number of aromatic nitrogens is 2. The summed E-state index contributed by atoms with van der Waals surface area (Å²) in [6.45, 7) is -0.193. The molecule has 0 aliphatic rings. The van der Waals surface area contributed by atoms with E-state index in [4.69, 9.17) is 10.5 Å². The number of hydrogen-bond acceptors (Lipinski definition) is 4. The van der Waals surface area contributed by atoms with Gasteiger partial charge in [0, 0.05) is 27.7 Å². The van der Waals surface area contributed by atoms with Crippen LogP contribution >= 0.6 is 0 Å². The van der Waals surface area contributed by atoms with Crippen LogP contribution < -0.4 is 16.0 Å². The molecule has 1 amide bonds. The first-order chi connectivity index (χ1) is 12.6. The van der Waals surface area contributed by atoms with Gasteiger partial charge in [-0.1, -0.05) is 18.2 Å². The van der Waals surface area contributed by atoms with Crippen molar-refractivity contribution in [1.82, 2.24) is 9.38 Å². The number of carbonyl (C=O) groups is 1. The van der Waals surface area contributed by atoms with Crippen LogP contribution in [-0.4, -0.2) is 21.9 Å². The standard InChI is InChI=1S/C20H13N3O3/c21-17(24)10-26-11-5-6-16-15(9-11)13-7-8-22-18-12-3-1-2-4-14(12)20(25)23(16)19(13)18/h1-9H,10H2,(H2,21,24). The Morgan fingerprint density at radius 2 is 1.85 bits per heavy atom. The molecule has 0 bridgehead atoms. The predicted octanol–water partition coefficient (Wildman–Crippen LogP) is 2.46. The van der Waals surface area contributed by atoms with Crippen LogP contribution in [0.1, 0.15) is 0 Å². The summed E-state index contributed by atoms with van der Waals surface area (Å²) < 4.78 is 7.12. The number of nitrogens with two attached hydrogens (primary N) is 1. The Bertz CT molecular complexity index is 1390. The highest BCUT2D eigenvalue weighted by atomic mass is 16.5. The van der Waals surface area contributed by atoms with Gasteiger partial charge in [-0.2, -0.15) is 0 Å². The third kappa shape index (κ3) is 1.89. The highest BCUT2D eigenvalue weighted by Crippen LogP contribution is 2.34. The zero-order valence-electron chi connectivity index (χ0n) is 13.6. The minimum absolute atomic E-state index is 0.0769. The van der Waals surface area contributed by atoms with Gasteiger partial charge in [0.2, 0.25) is 0 Å². The van der Waals surface area contributed by atoms with Crippen molar-refractivity contribution in [3.8, 4) is 5.75 Å². The minimum atomic E-state index is -0.539. The molecule has 126 valence electrons. The summed E-state index contributed by atoms with van der Waals surface area (Å²) in [4.78, 5) is 28.6. The number of hydrogen-bond donors (Lipinski definition) is 1. The van der Waals surface area contributed by atoms with Crippen LogP contribution in [0.15, 0.2) is 59.5 Å². The summed E-state index contributed by atoms with van der Waals surface area (Å²) in [5.41, 5.74) is 7.42. The van der Waals surface area contributed by atoms with E-state index in [0.29, 0.717) is 11.1 Å². The van der Waals surface area contributed by atoms with Gasteiger partial charge in [0.25, 0.3) is 11.5 Å². The maximum absolute atomic E-state index is 13.1. The molecule has 6 heteroatoms. The highest BCUT2D eigenvalue weighted by Gasteiger charge is 2.17. The molecule has 0 aliphatic heterocycles. The van der Waals surface area contributed by atoms with Gasteiger partial charge in [0.1, 0.15) is 5.75 Å². The molecule has 26 heavy (non-hydrogen) atoms. The molecule has 0 radical (unpaired) electrons. The molecule has 3 heterocycles. The van der Waals surface area contributed by atoms with Crippen molar-refractivity contribution in [2.45, 2.75) is 0 Å². The molecule has 0 unspecified atom stereocenters. The Labute approximate surface area is 146 Å². The van der Waals surface area contributed by atoms with Crippen molar-refractivity contribution in [2.75, 3.05) is 6.61 Å².